The molecule has 1 aromatic carbocycles. The van der Waals surface area contributed by atoms with E-state index in [1.165, 1.54) is 17.5 Å². The molecule has 0 fully saturated rings. The summed E-state index contributed by atoms with van der Waals surface area (Å²) in [6, 6.07) is 9.19. The first-order valence-corrected chi connectivity index (χ1v) is 8.60. The molecule has 1 aromatic rings. The van der Waals surface area contributed by atoms with Crippen LogP contribution in [0.5, 0.6) is 0 Å². The van der Waals surface area contributed by atoms with Gasteiger partial charge in [0.05, 0.1) is 0 Å². The van der Waals surface area contributed by atoms with Crippen molar-refractivity contribution < 1.29 is 0 Å². The summed E-state index contributed by atoms with van der Waals surface area (Å²) < 4.78 is 0. The van der Waals surface area contributed by atoms with Gasteiger partial charge in [-0.1, -0.05) is 38.1 Å². The Morgan fingerprint density at radius 2 is 1.62 bits per heavy atom. The van der Waals surface area contributed by atoms with Crippen molar-refractivity contribution in [3.63, 3.8) is 0 Å². The van der Waals surface area contributed by atoms with E-state index >= 15 is 0 Å². The summed E-state index contributed by atoms with van der Waals surface area (Å²) in [4.78, 5) is 6.49. The zero-order valence-corrected chi connectivity index (χ0v) is 18.4. The van der Waals surface area contributed by atoms with Crippen LogP contribution in [0.25, 0.3) is 0 Å². The van der Waals surface area contributed by atoms with Crippen LogP contribution < -0.4 is 10.6 Å². The standard InChI is InChI=1S/C19H34N4.HI/c1-15(2)7-8-16(3)22-19(20-4)21-13-17-9-11-18(12-10-17)14-23(5)6;/h9-12,15-16H,7-8,13-14H2,1-6H3,(H2,20,21,22);1H. The first-order chi connectivity index (χ1) is 10.9. The second kappa shape index (κ2) is 12.5. The molecule has 5 heteroatoms. The molecule has 0 spiro atoms. The molecule has 0 aromatic heterocycles. The predicted molar refractivity (Wildman–Crippen MR) is 116 cm³/mol. The first kappa shape index (κ1) is 23.2. The number of rotatable bonds is 8. The van der Waals surface area contributed by atoms with Crippen molar-refractivity contribution in [3.05, 3.63) is 35.4 Å². The molecule has 1 atom stereocenters. The molecule has 1 unspecified atom stereocenters. The Balaban J connectivity index is 0.00000529. The second-order valence-electron chi connectivity index (χ2n) is 7.00. The maximum absolute atomic E-state index is 4.31. The molecular weight excluding hydrogens is 411 g/mol. The minimum absolute atomic E-state index is 0. The van der Waals surface area contributed by atoms with Gasteiger partial charge in [0.1, 0.15) is 0 Å². The van der Waals surface area contributed by atoms with Gasteiger partial charge in [0, 0.05) is 26.2 Å². The van der Waals surface area contributed by atoms with Crippen LogP contribution in [0.4, 0.5) is 0 Å². The van der Waals surface area contributed by atoms with Gasteiger partial charge in [-0.2, -0.15) is 0 Å². The molecule has 0 saturated heterocycles. The molecular formula is C19H35IN4. The molecule has 138 valence electrons. The maximum Gasteiger partial charge on any atom is 0.191 e. The fourth-order valence-electron chi connectivity index (χ4n) is 2.40. The fourth-order valence-corrected chi connectivity index (χ4v) is 2.40. The van der Waals surface area contributed by atoms with Gasteiger partial charge in [0.2, 0.25) is 0 Å². The minimum Gasteiger partial charge on any atom is -0.354 e. The van der Waals surface area contributed by atoms with E-state index in [9.17, 15) is 0 Å². The van der Waals surface area contributed by atoms with Crippen LogP contribution in [0.15, 0.2) is 29.3 Å². The van der Waals surface area contributed by atoms with E-state index in [2.05, 4.69) is 79.7 Å². The van der Waals surface area contributed by atoms with E-state index in [-0.39, 0.29) is 24.0 Å². The van der Waals surface area contributed by atoms with Crippen LogP contribution in [0.1, 0.15) is 44.7 Å². The van der Waals surface area contributed by atoms with Crippen LogP contribution in [-0.4, -0.2) is 38.0 Å². The Bertz CT molecular complexity index is 469. The predicted octanol–water partition coefficient (Wildman–Crippen LogP) is 3.86. The number of hydrogen-bond donors (Lipinski definition) is 2. The Hall–Kier alpha value is -0.820. The number of hydrogen-bond acceptors (Lipinski definition) is 2. The summed E-state index contributed by atoms with van der Waals surface area (Å²) in [7, 11) is 6.00. The zero-order valence-electron chi connectivity index (χ0n) is 16.1. The summed E-state index contributed by atoms with van der Waals surface area (Å²) in [5.74, 6) is 1.62. The molecule has 0 aliphatic carbocycles. The van der Waals surface area contributed by atoms with Crippen molar-refractivity contribution in [1.29, 1.82) is 0 Å². The number of nitrogens with zero attached hydrogens (tertiary/aromatic N) is 2. The Morgan fingerprint density at radius 1 is 1.04 bits per heavy atom. The normalized spacial score (nSPS) is 12.9. The van der Waals surface area contributed by atoms with Crippen molar-refractivity contribution >= 4 is 29.9 Å². The topological polar surface area (TPSA) is 39.7 Å². The number of guanidine groups is 1. The Morgan fingerprint density at radius 3 is 2.12 bits per heavy atom. The highest BCUT2D eigenvalue weighted by Crippen LogP contribution is 2.07. The lowest BCUT2D eigenvalue weighted by molar-refractivity contribution is 0.402. The molecule has 0 saturated carbocycles. The number of halogens is 1. The third-order valence-corrected chi connectivity index (χ3v) is 3.77. The lowest BCUT2D eigenvalue weighted by atomic mass is 10.0. The summed E-state index contributed by atoms with van der Waals surface area (Å²) in [5, 5.41) is 6.85. The van der Waals surface area contributed by atoms with E-state index in [1.807, 2.05) is 7.05 Å². The van der Waals surface area contributed by atoms with E-state index < -0.39 is 0 Å². The fraction of sp³-hybridized carbons (Fsp3) is 0.632. The van der Waals surface area contributed by atoms with Crippen LogP contribution in [-0.2, 0) is 13.1 Å². The van der Waals surface area contributed by atoms with E-state index in [4.69, 9.17) is 0 Å². The van der Waals surface area contributed by atoms with E-state index in [1.54, 1.807) is 0 Å². The molecule has 0 aliphatic rings. The quantitative estimate of drug-likeness (QED) is 0.362. The van der Waals surface area contributed by atoms with Gasteiger partial charge in [-0.25, -0.2) is 0 Å². The third kappa shape index (κ3) is 10.1. The largest absolute Gasteiger partial charge is 0.354 e. The molecule has 2 N–H and O–H groups in total. The minimum atomic E-state index is 0. The lowest BCUT2D eigenvalue weighted by Crippen LogP contribution is -2.41. The molecule has 1 rings (SSSR count). The summed E-state index contributed by atoms with van der Waals surface area (Å²) >= 11 is 0. The number of benzene rings is 1. The molecule has 0 aliphatic heterocycles. The van der Waals surface area contributed by atoms with Crippen molar-refractivity contribution in [1.82, 2.24) is 15.5 Å². The zero-order chi connectivity index (χ0) is 17.2. The van der Waals surface area contributed by atoms with E-state index in [0.717, 1.165) is 31.4 Å². The summed E-state index contributed by atoms with van der Waals surface area (Å²) in [6.07, 6.45) is 2.40. The third-order valence-electron chi connectivity index (χ3n) is 3.77. The highest BCUT2D eigenvalue weighted by atomic mass is 127. The lowest BCUT2D eigenvalue weighted by Gasteiger charge is -2.19. The van der Waals surface area contributed by atoms with Gasteiger partial charge >= 0.3 is 0 Å². The molecule has 24 heavy (non-hydrogen) atoms. The smallest absolute Gasteiger partial charge is 0.191 e. The maximum atomic E-state index is 4.31. The summed E-state index contributed by atoms with van der Waals surface area (Å²) in [5.41, 5.74) is 2.61. The Labute approximate surface area is 165 Å². The monoisotopic (exact) mass is 446 g/mol. The van der Waals surface area contributed by atoms with Crippen molar-refractivity contribution in [2.45, 2.75) is 52.7 Å². The van der Waals surface area contributed by atoms with Gasteiger partial charge in [0.25, 0.3) is 0 Å². The molecule has 4 nitrogen and oxygen atoms in total. The van der Waals surface area contributed by atoms with Gasteiger partial charge in [-0.15, -0.1) is 24.0 Å². The number of aliphatic imine (C=N–C) groups is 1. The van der Waals surface area contributed by atoms with Crippen molar-refractivity contribution in [3.8, 4) is 0 Å². The summed E-state index contributed by atoms with van der Waals surface area (Å²) in [6.45, 7) is 8.51. The van der Waals surface area contributed by atoms with Gasteiger partial charge in [-0.05, 0) is 50.9 Å². The Kier molecular flexibility index (Phi) is 12.1. The van der Waals surface area contributed by atoms with Gasteiger partial charge < -0.3 is 15.5 Å². The van der Waals surface area contributed by atoms with Gasteiger partial charge in [0.15, 0.2) is 5.96 Å². The molecule has 0 bridgehead atoms. The van der Waals surface area contributed by atoms with E-state index in [0.29, 0.717) is 6.04 Å². The highest BCUT2D eigenvalue weighted by molar-refractivity contribution is 14.0. The average molecular weight is 446 g/mol. The van der Waals surface area contributed by atoms with Crippen molar-refractivity contribution in [2.75, 3.05) is 21.1 Å². The van der Waals surface area contributed by atoms with Crippen LogP contribution in [0, 0.1) is 5.92 Å². The molecule has 0 radical (unpaired) electrons. The average Bonchev–Trinajstić information content (AvgIpc) is 2.50. The van der Waals surface area contributed by atoms with Crippen LogP contribution >= 0.6 is 24.0 Å². The van der Waals surface area contributed by atoms with Gasteiger partial charge in [-0.3, -0.25) is 4.99 Å². The second-order valence-corrected chi connectivity index (χ2v) is 7.00. The SMILES string of the molecule is CN=C(NCc1ccc(CN(C)C)cc1)NC(C)CCC(C)C.I. The van der Waals surface area contributed by atoms with Crippen LogP contribution in [0.3, 0.4) is 0 Å². The first-order valence-electron chi connectivity index (χ1n) is 8.60. The number of nitrogens with one attached hydrogen (secondary N) is 2. The van der Waals surface area contributed by atoms with Crippen LogP contribution in [0.2, 0.25) is 0 Å². The highest BCUT2D eigenvalue weighted by Gasteiger charge is 2.06. The molecule has 0 amide bonds. The molecule has 0 heterocycles. The van der Waals surface area contributed by atoms with Crippen molar-refractivity contribution in [2.24, 2.45) is 10.9 Å².